The van der Waals surface area contributed by atoms with Crippen LogP contribution >= 0.6 is 22.7 Å². The van der Waals surface area contributed by atoms with Crippen LogP contribution in [0.15, 0.2) is 35.0 Å². The second kappa shape index (κ2) is 14.8. The van der Waals surface area contributed by atoms with Gasteiger partial charge >= 0.3 is 12.1 Å². The Morgan fingerprint density at radius 1 is 1.10 bits per heavy atom. The maximum absolute atomic E-state index is 12.9. The highest BCUT2D eigenvalue weighted by Crippen LogP contribution is 2.18. The Hall–Kier alpha value is -2.10. The molecule has 0 fully saturated rings. The predicted molar refractivity (Wildman–Crippen MR) is 126 cm³/mol. The van der Waals surface area contributed by atoms with Crippen LogP contribution in [0.25, 0.3) is 0 Å². The van der Waals surface area contributed by atoms with E-state index in [2.05, 4.69) is 17.6 Å². The topological polar surface area (TPSA) is 79.9 Å². The van der Waals surface area contributed by atoms with Crippen LogP contribution in [0.1, 0.15) is 42.4 Å². The summed E-state index contributed by atoms with van der Waals surface area (Å²) >= 11 is 3.23. The van der Waals surface area contributed by atoms with Gasteiger partial charge in [0.2, 0.25) is 0 Å². The van der Waals surface area contributed by atoms with Gasteiger partial charge in [0, 0.05) is 30.0 Å². The zero-order chi connectivity index (χ0) is 22.3. The molecular formula is C22H33N3O4S2. The average Bonchev–Trinajstić information content (AvgIpc) is 3.47. The standard InChI is InChI=1S/C22H33N3O4S2/c1-3-4-8-18(24-21(26)23-11-7-12-28-2)17-29-22(27)25(15-19-9-5-13-30-19)16-20-10-6-14-31-20/h5-6,9-10,13-14,18H,3-4,7-8,11-12,15-17H2,1-2H3,(H2,23,24,26). The van der Waals surface area contributed by atoms with Crippen LogP contribution < -0.4 is 10.6 Å². The van der Waals surface area contributed by atoms with Gasteiger partial charge in [0.15, 0.2) is 0 Å². The molecule has 0 spiro atoms. The average molecular weight is 468 g/mol. The molecule has 0 aliphatic rings. The summed E-state index contributed by atoms with van der Waals surface area (Å²) in [5.41, 5.74) is 0. The van der Waals surface area contributed by atoms with Crippen LogP contribution in [-0.4, -0.2) is 49.9 Å². The number of rotatable bonds is 14. The van der Waals surface area contributed by atoms with Crippen molar-refractivity contribution in [3.8, 4) is 0 Å². The Bertz CT molecular complexity index is 702. The first-order valence-electron chi connectivity index (χ1n) is 10.6. The minimum atomic E-state index is -0.370. The third-order valence-corrected chi connectivity index (χ3v) is 6.29. The van der Waals surface area contributed by atoms with E-state index < -0.39 is 0 Å². The van der Waals surface area contributed by atoms with E-state index in [0.717, 1.165) is 35.4 Å². The molecule has 0 aliphatic carbocycles. The van der Waals surface area contributed by atoms with E-state index >= 15 is 0 Å². The predicted octanol–water partition coefficient (Wildman–Crippen LogP) is 4.84. The molecule has 0 radical (unpaired) electrons. The van der Waals surface area contributed by atoms with E-state index in [-0.39, 0.29) is 24.8 Å². The van der Waals surface area contributed by atoms with E-state index in [1.54, 1.807) is 34.7 Å². The van der Waals surface area contributed by atoms with Crippen molar-refractivity contribution >= 4 is 34.8 Å². The Balaban J connectivity index is 1.89. The number of ether oxygens (including phenoxy) is 2. The maximum atomic E-state index is 12.9. The number of nitrogens with zero attached hydrogens (tertiary/aromatic N) is 1. The van der Waals surface area contributed by atoms with Gasteiger partial charge in [-0.05, 0) is 35.7 Å². The molecule has 2 rings (SSSR count). The molecule has 0 aromatic carbocycles. The SMILES string of the molecule is CCCCC(COC(=O)N(Cc1cccs1)Cc1cccs1)NC(=O)NCCCOC. The molecule has 0 saturated carbocycles. The summed E-state index contributed by atoms with van der Waals surface area (Å²) in [7, 11) is 1.63. The molecule has 0 saturated heterocycles. The lowest BCUT2D eigenvalue weighted by Crippen LogP contribution is -2.45. The highest BCUT2D eigenvalue weighted by Gasteiger charge is 2.20. The Kier molecular flexibility index (Phi) is 12.0. The molecule has 1 unspecified atom stereocenters. The van der Waals surface area contributed by atoms with Crippen molar-refractivity contribution in [1.82, 2.24) is 15.5 Å². The molecule has 7 nitrogen and oxygen atoms in total. The van der Waals surface area contributed by atoms with Crippen LogP contribution in [0.4, 0.5) is 9.59 Å². The fourth-order valence-electron chi connectivity index (χ4n) is 2.93. The molecule has 1 atom stereocenters. The summed E-state index contributed by atoms with van der Waals surface area (Å²) < 4.78 is 10.6. The third kappa shape index (κ3) is 10.2. The number of carbonyl (C=O) groups is 2. The van der Waals surface area contributed by atoms with Crippen LogP contribution in [-0.2, 0) is 22.6 Å². The normalized spacial score (nSPS) is 11.7. The molecule has 2 aromatic heterocycles. The quantitative estimate of drug-likeness (QED) is 0.390. The van der Waals surface area contributed by atoms with Crippen LogP contribution in [0, 0.1) is 0 Å². The molecule has 2 aromatic rings. The fraction of sp³-hybridized carbons (Fsp3) is 0.545. The fourth-order valence-corrected chi connectivity index (χ4v) is 4.37. The second-order valence-electron chi connectivity index (χ2n) is 7.18. The minimum absolute atomic E-state index is 0.149. The van der Waals surface area contributed by atoms with Crippen molar-refractivity contribution in [2.45, 2.75) is 51.7 Å². The van der Waals surface area contributed by atoms with E-state index in [1.165, 1.54) is 0 Å². The molecule has 3 amide bonds. The molecule has 2 heterocycles. The lowest BCUT2D eigenvalue weighted by molar-refractivity contribution is 0.0880. The van der Waals surface area contributed by atoms with Gasteiger partial charge in [0.1, 0.15) is 6.61 Å². The van der Waals surface area contributed by atoms with Crippen molar-refractivity contribution in [2.75, 3.05) is 26.9 Å². The van der Waals surface area contributed by atoms with Crippen LogP contribution in [0.5, 0.6) is 0 Å². The van der Waals surface area contributed by atoms with E-state index in [9.17, 15) is 9.59 Å². The zero-order valence-electron chi connectivity index (χ0n) is 18.3. The van der Waals surface area contributed by atoms with Crippen molar-refractivity contribution < 1.29 is 19.1 Å². The monoisotopic (exact) mass is 467 g/mol. The Labute approximate surface area is 192 Å². The van der Waals surface area contributed by atoms with Crippen molar-refractivity contribution in [2.24, 2.45) is 0 Å². The highest BCUT2D eigenvalue weighted by molar-refractivity contribution is 7.10. The van der Waals surface area contributed by atoms with Gasteiger partial charge in [-0.2, -0.15) is 0 Å². The van der Waals surface area contributed by atoms with E-state index in [0.29, 0.717) is 26.2 Å². The number of amides is 3. The lowest BCUT2D eigenvalue weighted by Gasteiger charge is -2.24. The van der Waals surface area contributed by atoms with Crippen molar-refractivity contribution in [3.05, 3.63) is 44.8 Å². The second-order valence-corrected chi connectivity index (χ2v) is 9.24. The van der Waals surface area contributed by atoms with Gasteiger partial charge in [0.05, 0.1) is 19.1 Å². The summed E-state index contributed by atoms with van der Waals surface area (Å²) in [6.07, 6.45) is 3.08. The Morgan fingerprint density at radius 2 is 1.77 bits per heavy atom. The zero-order valence-corrected chi connectivity index (χ0v) is 19.9. The van der Waals surface area contributed by atoms with Crippen LogP contribution in [0.2, 0.25) is 0 Å². The van der Waals surface area contributed by atoms with Gasteiger partial charge in [-0.1, -0.05) is 31.9 Å². The molecule has 0 aliphatic heterocycles. The van der Waals surface area contributed by atoms with Crippen LogP contribution in [0.3, 0.4) is 0 Å². The van der Waals surface area contributed by atoms with Crippen molar-refractivity contribution in [1.29, 1.82) is 0 Å². The summed E-state index contributed by atoms with van der Waals surface area (Å²) in [6, 6.07) is 7.51. The summed E-state index contributed by atoms with van der Waals surface area (Å²) in [5.74, 6) is 0. The first-order chi connectivity index (χ1) is 15.1. The Morgan fingerprint density at radius 3 is 2.32 bits per heavy atom. The number of thiophene rings is 2. The minimum Gasteiger partial charge on any atom is -0.447 e. The molecule has 172 valence electrons. The van der Waals surface area contributed by atoms with E-state index in [1.807, 2.05) is 35.0 Å². The summed E-state index contributed by atoms with van der Waals surface area (Å²) in [5, 5.41) is 9.75. The van der Waals surface area contributed by atoms with E-state index in [4.69, 9.17) is 9.47 Å². The molecule has 0 bridgehead atoms. The van der Waals surface area contributed by atoms with Gasteiger partial charge in [-0.3, -0.25) is 4.90 Å². The first kappa shape index (κ1) is 25.2. The number of unbranched alkanes of at least 4 members (excludes halogenated alkanes) is 1. The first-order valence-corrected chi connectivity index (χ1v) is 12.4. The number of methoxy groups -OCH3 is 1. The summed E-state index contributed by atoms with van der Waals surface area (Å²) in [4.78, 5) is 29.0. The van der Waals surface area contributed by atoms with Gasteiger partial charge < -0.3 is 20.1 Å². The number of hydrogen-bond acceptors (Lipinski definition) is 6. The number of carbonyl (C=O) groups excluding carboxylic acids is 2. The number of urea groups is 1. The van der Waals surface area contributed by atoms with Gasteiger partial charge in [-0.15, -0.1) is 22.7 Å². The number of hydrogen-bond donors (Lipinski definition) is 2. The van der Waals surface area contributed by atoms with Crippen molar-refractivity contribution in [3.63, 3.8) is 0 Å². The maximum Gasteiger partial charge on any atom is 0.410 e. The molecule has 31 heavy (non-hydrogen) atoms. The molecule has 2 N–H and O–H groups in total. The lowest BCUT2D eigenvalue weighted by atomic mass is 10.1. The third-order valence-electron chi connectivity index (χ3n) is 4.57. The molecule has 9 heteroatoms. The number of nitrogens with one attached hydrogen (secondary N) is 2. The van der Waals surface area contributed by atoms with Gasteiger partial charge in [0.25, 0.3) is 0 Å². The van der Waals surface area contributed by atoms with Gasteiger partial charge in [-0.25, -0.2) is 9.59 Å². The highest BCUT2D eigenvalue weighted by atomic mass is 32.1. The molecular weight excluding hydrogens is 434 g/mol. The largest absolute Gasteiger partial charge is 0.447 e. The summed E-state index contributed by atoms with van der Waals surface area (Å²) in [6.45, 7) is 4.38. The smallest absolute Gasteiger partial charge is 0.410 e.